The van der Waals surface area contributed by atoms with E-state index in [1.165, 1.54) is 30.2 Å². The van der Waals surface area contributed by atoms with Gasteiger partial charge in [0.2, 0.25) is 11.8 Å². The van der Waals surface area contributed by atoms with E-state index < -0.39 is 54.6 Å². The molecule has 4 N–H and O–H groups in total. The summed E-state index contributed by atoms with van der Waals surface area (Å²) in [5.41, 5.74) is 1.75. The third-order valence-corrected chi connectivity index (χ3v) is 7.90. The number of halogens is 1. The zero-order valence-electron chi connectivity index (χ0n) is 25.4. The number of fused-ring (bicyclic) bond motifs is 1. The van der Waals surface area contributed by atoms with E-state index in [4.69, 9.17) is 21.1 Å². The van der Waals surface area contributed by atoms with Gasteiger partial charge in [-0.05, 0) is 42.2 Å². The van der Waals surface area contributed by atoms with Crippen LogP contribution in [0.4, 0.5) is 0 Å². The molecular formula is C34H38ClN3O8. The van der Waals surface area contributed by atoms with Gasteiger partial charge in [-0.25, -0.2) is 4.79 Å². The van der Waals surface area contributed by atoms with Gasteiger partial charge in [-0.3, -0.25) is 14.4 Å². The van der Waals surface area contributed by atoms with Crippen LogP contribution in [0.2, 0.25) is 5.02 Å². The number of aliphatic hydroxyl groups is 2. The van der Waals surface area contributed by atoms with Gasteiger partial charge < -0.3 is 35.2 Å². The lowest BCUT2D eigenvalue weighted by atomic mass is 10.0. The molecule has 12 heteroatoms. The molecule has 3 amide bonds. The fraction of sp³-hybridized carbons (Fsp3) is 0.353. The molecule has 0 unspecified atom stereocenters. The summed E-state index contributed by atoms with van der Waals surface area (Å²) in [6, 6.07) is 20.4. The van der Waals surface area contributed by atoms with Gasteiger partial charge in [-0.15, -0.1) is 0 Å². The van der Waals surface area contributed by atoms with Crippen LogP contribution in [0, 0.1) is 0 Å². The second-order valence-corrected chi connectivity index (χ2v) is 11.4. The molecule has 0 saturated heterocycles. The molecular weight excluding hydrogens is 614 g/mol. The fourth-order valence-corrected chi connectivity index (χ4v) is 5.21. The van der Waals surface area contributed by atoms with Crippen molar-refractivity contribution >= 4 is 35.3 Å². The van der Waals surface area contributed by atoms with Gasteiger partial charge in [-0.2, -0.15) is 0 Å². The third-order valence-electron chi connectivity index (χ3n) is 7.67. The molecule has 0 saturated carbocycles. The van der Waals surface area contributed by atoms with Crippen molar-refractivity contribution < 1.29 is 38.9 Å². The number of carbonyl (C=O) groups is 4. The number of rotatable bonds is 6. The predicted molar refractivity (Wildman–Crippen MR) is 170 cm³/mol. The fourth-order valence-electron chi connectivity index (χ4n) is 5.05. The van der Waals surface area contributed by atoms with Crippen molar-refractivity contribution in [1.29, 1.82) is 0 Å². The molecule has 1 aliphatic rings. The number of nitrogens with one attached hydrogen (secondary N) is 2. The molecule has 0 spiro atoms. The SMILES string of the molecule is COC(=O)[C@@H]1CCC(=O)N(CCc2ccccc2)C[C@H](O)[C@@H](O)COc2cc(Cl)ccc2C(=O)N[C@H](Cc2ccccc2)C(=O)N1. The summed E-state index contributed by atoms with van der Waals surface area (Å²) >= 11 is 6.18. The Labute approximate surface area is 272 Å². The highest BCUT2D eigenvalue weighted by Crippen LogP contribution is 2.24. The highest BCUT2D eigenvalue weighted by molar-refractivity contribution is 6.30. The van der Waals surface area contributed by atoms with E-state index in [1.54, 1.807) is 24.3 Å². The van der Waals surface area contributed by atoms with Crippen LogP contribution in [0.5, 0.6) is 5.75 Å². The molecule has 0 aromatic heterocycles. The number of aliphatic hydroxyl groups excluding tert-OH is 2. The maximum atomic E-state index is 13.7. The quantitative estimate of drug-likeness (QED) is 0.296. The molecule has 4 rings (SSSR count). The molecule has 1 heterocycles. The molecule has 3 aromatic rings. The van der Waals surface area contributed by atoms with Crippen molar-refractivity contribution in [1.82, 2.24) is 15.5 Å². The average molecular weight is 652 g/mol. The topological polar surface area (TPSA) is 154 Å². The molecule has 0 fully saturated rings. The third kappa shape index (κ3) is 9.77. The minimum atomic E-state index is -1.44. The minimum absolute atomic E-state index is 0.0175. The summed E-state index contributed by atoms with van der Waals surface area (Å²) in [5, 5.41) is 27.3. The lowest BCUT2D eigenvalue weighted by Crippen LogP contribution is -2.53. The highest BCUT2D eigenvalue weighted by Gasteiger charge is 2.31. The van der Waals surface area contributed by atoms with E-state index in [0.717, 1.165) is 11.1 Å². The minimum Gasteiger partial charge on any atom is -0.490 e. The van der Waals surface area contributed by atoms with E-state index >= 15 is 0 Å². The van der Waals surface area contributed by atoms with Crippen LogP contribution in [-0.2, 0) is 32.0 Å². The van der Waals surface area contributed by atoms with Gasteiger partial charge in [0.15, 0.2) is 0 Å². The highest BCUT2D eigenvalue weighted by atomic mass is 35.5. The number of esters is 1. The number of methoxy groups -OCH3 is 1. The van der Waals surface area contributed by atoms with Crippen molar-refractivity contribution in [3.8, 4) is 5.75 Å². The van der Waals surface area contributed by atoms with Crippen LogP contribution in [0.1, 0.15) is 34.3 Å². The van der Waals surface area contributed by atoms with Crippen LogP contribution in [0.15, 0.2) is 78.9 Å². The van der Waals surface area contributed by atoms with E-state index in [2.05, 4.69) is 10.6 Å². The molecule has 0 bridgehead atoms. The maximum Gasteiger partial charge on any atom is 0.328 e. The van der Waals surface area contributed by atoms with Crippen molar-refractivity contribution in [3.05, 3.63) is 101 Å². The molecule has 3 aromatic carbocycles. The van der Waals surface area contributed by atoms with Crippen LogP contribution >= 0.6 is 11.6 Å². The van der Waals surface area contributed by atoms with Crippen molar-refractivity contribution in [3.63, 3.8) is 0 Å². The first-order chi connectivity index (χ1) is 22.1. The zero-order valence-corrected chi connectivity index (χ0v) is 26.2. The molecule has 46 heavy (non-hydrogen) atoms. The average Bonchev–Trinajstić information content (AvgIpc) is 3.06. The Bertz CT molecular complexity index is 1490. The monoisotopic (exact) mass is 651 g/mol. The number of hydrogen-bond acceptors (Lipinski definition) is 8. The summed E-state index contributed by atoms with van der Waals surface area (Å²) in [6.07, 6.45) is -2.55. The lowest BCUT2D eigenvalue weighted by molar-refractivity contribution is -0.146. The van der Waals surface area contributed by atoms with Crippen molar-refractivity contribution in [2.75, 3.05) is 26.8 Å². The molecule has 11 nitrogen and oxygen atoms in total. The van der Waals surface area contributed by atoms with E-state index in [9.17, 15) is 29.4 Å². The van der Waals surface area contributed by atoms with Crippen molar-refractivity contribution in [2.24, 2.45) is 0 Å². The van der Waals surface area contributed by atoms with Crippen LogP contribution < -0.4 is 15.4 Å². The Hall–Kier alpha value is -4.45. The number of β-amino-alcohol motifs (C(OH)–C–C–N with tert-alkyl or cyclic N) is 1. The molecule has 1 aliphatic heterocycles. The first-order valence-electron chi connectivity index (χ1n) is 15.0. The summed E-state index contributed by atoms with van der Waals surface area (Å²) in [7, 11) is 1.17. The van der Waals surface area contributed by atoms with Gasteiger partial charge in [0.1, 0.15) is 36.6 Å². The second-order valence-electron chi connectivity index (χ2n) is 11.0. The number of hydrogen-bond donors (Lipinski definition) is 4. The van der Waals surface area contributed by atoms with Gasteiger partial charge in [0.25, 0.3) is 5.91 Å². The van der Waals surface area contributed by atoms with E-state index in [1.807, 2.05) is 36.4 Å². The van der Waals surface area contributed by atoms with E-state index in [0.29, 0.717) is 6.42 Å². The smallest absolute Gasteiger partial charge is 0.328 e. The number of amides is 3. The Balaban J connectivity index is 1.67. The lowest BCUT2D eigenvalue weighted by Gasteiger charge is -2.28. The Morgan fingerprint density at radius 1 is 0.957 bits per heavy atom. The van der Waals surface area contributed by atoms with Gasteiger partial charge >= 0.3 is 5.97 Å². The number of benzene rings is 3. The summed E-state index contributed by atoms with van der Waals surface area (Å²) in [5.74, 6) is -2.47. The largest absolute Gasteiger partial charge is 0.490 e. The van der Waals surface area contributed by atoms with Crippen LogP contribution in [0.3, 0.4) is 0 Å². The van der Waals surface area contributed by atoms with Gasteiger partial charge in [-0.1, -0.05) is 72.3 Å². The number of carbonyl (C=O) groups excluding carboxylic acids is 4. The predicted octanol–water partition coefficient (Wildman–Crippen LogP) is 2.30. The zero-order chi connectivity index (χ0) is 33.1. The van der Waals surface area contributed by atoms with Crippen molar-refractivity contribution in [2.45, 2.75) is 50.0 Å². The standard InChI is InChI=1S/C34H38ClN3O8/c1-45-34(44)26-14-15-31(41)38(17-16-22-8-4-2-5-9-22)20-28(39)29(40)21-46-30-19-24(35)12-13-25(30)32(42)37-27(33(43)36-26)18-23-10-6-3-7-11-23/h2-13,19,26-29,39-40H,14-18,20-21H2,1H3,(H,36,43)(H,37,42)/t26-,27+,28-,29-/m0/s1. The second kappa shape index (κ2) is 16.7. The van der Waals surface area contributed by atoms with E-state index in [-0.39, 0.29) is 48.7 Å². The molecule has 0 aliphatic carbocycles. The first-order valence-corrected chi connectivity index (χ1v) is 15.4. The first kappa shape index (κ1) is 34.4. The Morgan fingerprint density at radius 3 is 2.30 bits per heavy atom. The van der Waals surface area contributed by atoms with Crippen LogP contribution in [-0.4, -0.2) is 89.9 Å². The molecule has 0 radical (unpaired) electrons. The summed E-state index contributed by atoms with van der Waals surface area (Å²) in [6.45, 7) is -0.424. The Kier molecular flexibility index (Phi) is 12.5. The Morgan fingerprint density at radius 2 is 1.63 bits per heavy atom. The van der Waals surface area contributed by atoms with Crippen LogP contribution in [0.25, 0.3) is 0 Å². The normalized spacial score (nSPS) is 21.7. The molecule has 244 valence electrons. The summed E-state index contributed by atoms with van der Waals surface area (Å²) < 4.78 is 10.7. The number of nitrogens with zero attached hydrogens (tertiary/aromatic N) is 1. The maximum absolute atomic E-state index is 13.7. The van der Waals surface area contributed by atoms with Gasteiger partial charge in [0.05, 0.1) is 12.7 Å². The molecule has 4 atom stereocenters. The number of ether oxygens (including phenoxy) is 2. The van der Waals surface area contributed by atoms with Gasteiger partial charge in [0, 0.05) is 31.0 Å². The summed E-state index contributed by atoms with van der Waals surface area (Å²) in [4.78, 5) is 54.8.